The van der Waals surface area contributed by atoms with E-state index in [9.17, 15) is 9.90 Å². The lowest BCUT2D eigenvalue weighted by Gasteiger charge is -2.02. The van der Waals surface area contributed by atoms with Crippen molar-refractivity contribution in [3.63, 3.8) is 0 Å². The standard InChI is InChI=1S/C10H8ClNO3/c1-12-7(10(14)15)4-5-6(11)2-3-8(13)9(5)12/h2-4,13H,1H3,(H,14,15). The highest BCUT2D eigenvalue weighted by atomic mass is 35.5. The fourth-order valence-corrected chi connectivity index (χ4v) is 1.83. The topological polar surface area (TPSA) is 62.5 Å². The molecule has 0 atom stereocenters. The summed E-state index contributed by atoms with van der Waals surface area (Å²) >= 11 is 5.90. The van der Waals surface area contributed by atoms with Crippen molar-refractivity contribution in [1.29, 1.82) is 0 Å². The molecule has 0 fully saturated rings. The van der Waals surface area contributed by atoms with Gasteiger partial charge in [0.25, 0.3) is 0 Å². The number of aromatic hydroxyl groups is 1. The predicted octanol–water partition coefficient (Wildman–Crippen LogP) is 2.24. The number of aryl methyl sites for hydroxylation is 1. The Morgan fingerprint density at radius 3 is 2.67 bits per heavy atom. The average molecular weight is 226 g/mol. The quantitative estimate of drug-likeness (QED) is 0.782. The number of rotatable bonds is 1. The van der Waals surface area contributed by atoms with E-state index in [1.807, 2.05) is 0 Å². The molecule has 0 bridgehead atoms. The van der Waals surface area contributed by atoms with Gasteiger partial charge in [-0.15, -0.1) is 0 Å². The number of phenolic OH excluding ortho intramolecular Hbond substituents is 1. The number of carboxylic acids is 1. The first-order valence-corrected chi connectivity index (χ1v) is 4.60. The Morgan fingerprint density at radius 2 is 2.13 bits per heavy atom. The zero-order valence-corrected chi connectivity index (χ0v) is 8.62. The second-order valence-electron chi connectivity index (χ2n) is 3.22. The molecular weight excluding hydrogens is 218 g/mol. The van der Waals surface area contributed by atoms with Crippen LogP contribution in [0.5, 0.6) is 5.75 Å². The molecule has 1 heterocycles. The molecule has 2 aromatic rings. The van der Waals surface area contributed by atoms with Gasteiger partial charge in [0.1, 0.15) is 11.4 Å². The third-order valence-corrected chi connectivity index (χ3v) is 2.67. The van der Waals surface area contributed by atoms with Crippen LogP contribution in [0.4, 0.5) is 0 Å². The minimum absolute atomic E-state index is 0.0180. The van der Waals surface area contributed by atoms with Crippen LogP contribution in [-0.2, 0) is 7.05 Å². The fraction of sp³-hybridized carbons (Fsp3) is 0.100. The van der Waals surface area contributed by atoms with E-state index in [0.717, 1.165) is 0 Å². The highest BCUT2D eigenvalue weighted by Crippen LogP contribution is 2.32. The van der Waals surface area contributed by atoms with Gasteiger partial charge in [-0.1, -0.05) is 11.6 Å². The number of aromatic nitrogens is 1. The highest BCUT2D eigenvalue weighted by Gasteiger charge is 2.16. The van der Waals surface area contributed by atoms with Gasteiger partial charge in [0.2, 0.25) is 0 Å². The monoisotopic (exact) mass is 225 g/mol. The Bertz CT molecular complexity index is 559. The van der Waals surface area contributed by atoms with Crippen LogP contribution in [0.15, 0.2) is 18.2 Å². The minimum Gasteiger partial charge on any atom is -0.506 e. The number of hydrogen-bond acceptors (Lipinski definition) is 2. The van der Waals surface area contributed by atoms with Crippen LogP contribution in [0.1, 0.15) is 10.5 Å². The molecular formula is C10H8ClNO3. The molecule has 0 saturated carbocycles. The average Bonchev–Trinajstić information content (AvgIpc) is 2.51. The number of carboxylic acid groups (broad SMARTS) is 1. The van der Waals surface area contributed by atoms with E-state index in [1.165, 1.54) is 22.8 Å². The second-order valence-corrected chi connectivity index (χ2v) is 3.63. The van der Waals surface area contributed by atoms with Gasteiger partial charge in [0.15, 0.2) is 0 Å². The van der Waals surface area contributed by atoms with E-state index in [0.29, 0.717) is 15.9 Å². The van der Waals surface area contributed by atoms with Gasteiger partial charge in [-0.05, 0) is 18.2 Å². The number of phenols is 1. The third kappa shape index (κ3) is 1.34. The SMILES string of the molecule is Cn1c(C(=O)O)cc2c(Cl)ccc(O)c21. The maximum absolute atomic E-state index is 10.9. The molecule has 0 saturated heterocycles. The van der Waals surface area contributed by atoms with Crippen molar-refractivity contribution in [2.75, 3.05) is 0 Å². The smallest absolute Gasteiger partial charge is 0.352 e. The van der Waals surface area contributed by atoms with Crippen LogP contribution in [-0.4, -0.2) is 20.7 Å². The molecule has 5 heteroatoms. The molecule has 0 spiro atoms. The molecule has 1 aromatic carbocycles. The molecule has 0 aliphatic heterocycles. The van der Waals surface area contributed by atoms with Crippen molar-refractivity contribution in [2.24, 2.45) is 7.05 Å². The van der Waals surface area contributed by atoms with Crippen LogP contribution >= 0.6 is 11.6 Å². The first-order valence-electron chi connectivity index (χ1n) is 4.22. The fourth-order valence-electron chi connectivity index (χ4n) is 1.62. The molecule has 2 N–H and O–H groups in total. The number of fused-ring (bicyclic) bond motifs is 1. The summed E-state index contributed by atoms with van der Waals surface area (Å²) in [4.78, 5) is 10.9. The summed E-state index contributed by atoms with van der Waals surface area (Å²) in [5.41, 5.74) is 0.522. The van der Waals surface area contributed by atoms with E-state index in [-0.39, 0.29) is 11.4 Å². The van der Waals surface area contributed by atoms with Crippen molar-refractivity contribution in [3.8, 4) is 5.75 Å². The summed E-state index contributed by atoms with van der Waals surface area (Å²) in [6.45, 7) is 0. The van der Waals surface area contributed by atoms with Crippen molar-refractivity contribution in [3.05, 3.63) is 28.9 Å². The van der Waals surface area contributed by atoms with Crippen molar-refractivity contribution in [1.82, 2.24) is 4.57 Å². The first kappa shape index (κ1) is 9.86. The molecule has 0 aliphatic rings. The van der Waals surface area contributed by atoms with Crippen molar-refractivity contribution < 1.29 is 15.0 Å². The van der Waals surface area contributed by atoms with Crippen LogP contribution in [0, 0.1) is 0 Å². The Labute approximate surface area is 90.3 Å². The number of halogens is 1. The Kier molecular flexibility index (Phi) is 2.08. The summed E-state index contributed by atoms with van der Waals surface area (Å²) in [5, 5.41) is 19.5. The van der Waals surface area contributed by atoms with Crippen molar-refractivity contribution >= 4 is 28.5 Å². The lowest BCUT2D eigenvalue weighted by atomic mass is 10.2. The Morgan fingerprint density at radius 1 is 1.47 bits per heavy atom. The maximum atomic E-state index is 10.9. The van der Waals surface area contributed by atoms with Crippen LogP contribution < -0.4 is 0 Å². The van der Waals surface area contributed by atoms with Gasteiger partial charge in [0.05, 0.1) is 10.5 Å². The molecule has 15 heavy (non-hydrogen) atoms. The number of benzene rings is 1. The summed E-state index contributed by atoms with van der Waals surface area (Å²) in [7, 11) is 1.57. The van der Waals surface area contributed by atoms with Crippen LogP contribution in [0.25, 0.3) is 10.9 Å². The van der Waals surface area contributed by atoms with Crippen LogP contribution in [0.2, 0.25) is 5.02 Å². The third-order valence-electron chi connectivity index (χ3n) is 2.34. The van der Waals surface area contributed by atoms with Crippen molar-refractivity contribution in [2.45, 2.75) is 0 Å². The summed E-state index contributed by atoms with van der Waals surface area (Å²) in [5.74, 6) is -1.03. The van der Waals surface area contributed by atoms with Gasteiger partial charge in [0, 0.05) is 12.4 Å². The molecule has 0 amide bonds. The van der Waals surface area contributed by atoms with Gasteiger partial charge in [-0.2, -0.15) is 0 Å². The molecule has 0 radical (unpaired) electrons. The largest absolute Gasteiger partial charge is 0.506 e. The molecule has 0 aliphatic carbocycles. The normalized spacial score (nSPS) is 10.8. The van der Waals surface area contributed by atoms with Gasteiger partial charge in [-0.3, -0.25) is 0 Å². The molecule has 0 unspecified atom stereocenters. The van der Waals surface area contributed by atoms with E-state index in [1.54, 1.807) is 7.05 Å². The Hall–Kier alpha value is -1.68. The molecule has 1 aromatic heterocycles. The lowest BCUT2D eigenvalue weighted by Crippen LogP contribution is -2.03. The van der Waals surface area contributed by atoms with E-state index in [4.69, 9.17) is 16.7 Å². The molecule has 78 valence electrons. The number of hydrogen-bond donors (Lipinski definition) is 2. The molecule has 4 nitrogen and oxygen atoms in total. The predicted molar refractivity (Wildman–Crippen MR) is 56.6 cm³/mol. The summed E-state index contributed by atoms with van der Waals surface area (Å²) in [6.07, 6.45) is 0. The van der Waals surface area contributed by atoms with Gasteiger partial charge >= 0.3 is 5.97 Å². The first-order chi connectivity index (χ1) is 7.02. The molecule has 2 rings (SSSR count). The highest BCUT2D eigenvalue weighted by molar-refractivity contribution is 6.35. The van der Waals surface area contributed by atoms with Gasteiger partial charge < -0.3 is 14.8 Å². The van der Waals surface area contributed by atoms with Gasteiger partial charge in [-0.25, -0.2) is 4.79 Å². The van der Waals surface area contributed by atoms with E-state index >= 15 is 0 Å². The van der Waals surface area contributed by atoms with E-state index in [2.05, 4.69) is 0 Å². The number of nitrogens with zero attached hydrogens (tertiary/aromatic N) is 1. The maximum Gasteiger partial charge on any atom is 0.352 e. The second kappa shape index (κ2) is 3.17. The minimum atomic E-state index is -1.05. The zero-order chi connectivity index (χ0) is 11.2. The number of aromatic carboxylic acids is 1. The van der Waals surface area contributed by atoms with Crippen LogP contribution in [0.3, 0.4) is 0 Å². The summed E-state index contributed by atoms with van der Waals surface area (Å²) < 4.78 is 1.40. The lowest BCUT2D eigenvalue weighted by molar-refractivity contribution is 0.0687. The summed E-state index contributed by atoms with van der Waals surface area (Å²) in [6, 6.07) is 4.42. The number of carbonyl (C=O) groups is 1. The van der Waals surface area contributed by atoms with E-state index < -0.39 is 5.97 Å². The Balaban J connectivity index is 2.93. The zero-order valence-electron chi connectivity index (χ0n) is 7.86.